The lowest BCUT2D eigenvalue weighted by atomic mass is 10.1. The largest absolute Gasteiger partial charge is 0.296 e. The molecule has 0 unspecified atom stereocenters. The zero-order valence-corrected chi connectivity index (χ0v) is 16.4. The van der Waals surface area contributed by atoms with Gasteiger partial charge in [0, 0.05) is 0 Å². The molecule has 0 N–H and O–H groups in total. The number of hydrogen-bond acceptors (Lipinski definition) is 3. The molecule has 0 aromatic heterocycles. The van der Waals surface area contributed by atoms with Crippen LogP contribution in [0, 0.1) is 6.92 Å². The average Bonchev–Trinajstić information content (AvgIpc) is 2.49. The summed E-state index contributed by atoms with van der Waals surface area (Å²) in [5, 5.41) is 0. The van der Waals surface area contributed by atoms with E-state index in [0.717, 1.165) is 24.8 Å². The Morgan fingerprint density at radius 1 is 0.864 bits per heavy atom. The first-order chi connectivity index (χ1) is 10.6. The Morgan fingerprint density at radius 2 is 1.36 bits per heavy atom. The Labute approximate surface area is 149 Å². The fourth-order valence-corrected chi connectivity index (χ4v) is 3.68. The number of rotatable bonds is 12. The van der Waals surface area contributed by atoms with E-state index in [2.05, 4.69) is 22.6 Å². The minimum atomic E-state index is -3.59. The van der Waals surface area contributed by atoms with Crippen LogP contribution in [0.5, 0.6) is 0 Å². The quantitative estimate of drug-likeness (QED) is 0.194. The van der Waals surface area contributed by atoms with E-state index < -0.39 is 10.1 Å². The maximum Gasteiger partial charge on any atom is 0.296 e. The van der Waals surface area contributed by atoms with Crippen LogP contribution in [0.3, 0.4) is 0 Å². The fourth-order valence-electron chi connectivity index (χ4n) is 2.20. The summed E-state index contributed by atoms with van der Waals surface area (Å²) in [4.78, 5) is 0.244. The molecule has 0 aliphatic rings. The molecule has 5 heteroatoms. The molecule has 1 aromatic rings. The minimum absolute atomic E-state index is 0.244. The van der Waals surface area contributed by atoms with E-state index in [9.17, 15) is 8.42 Å². The average molecular weight is 438 g/mol. The summed E-state index contributed by atoms with van der Waals surface area (Å²) in [6.45, 7) is 2.21. The van der Waals surface area contributed by atoms with Crippen molar-refractivity contribution in [3.8, 4) is 0 Å². The van der Waals surface area contributed by atoms with E-state index in [4.69, 9.17) is 4.18 Å². The molecule has 1 rings (SSSR count). The normalized spacial score (nSPS) is 11.7. The maximum absolute atomic E-state index is 12.0. The van der Waals surface area contributed by atoms with Gasteiger partial charge >= 0.3 is 0 Å². The molecule has 0 bridgehead atoms. The van der Waals surface area contributed by atoms with Crippen molar-refractivity contribution in [3.05, 3.63) is 29.8 Å². The summed E-state index contributed by atoms with van der Waals surface area (Å²) >= 11 is 2.42. The molecule has 0 heterocycles. The van der Waals surface area contributed by atoms with E-state index in [0.29, 0.717) is 0 Å². The first kappa shape index (κ1) is 19.9. The summed E-state index contributed by atoms with van der Waals surface area (Å²) in [6, 6.07) is 6.77. The minimum Gasteiger partial charge on any atom is -0.266 e. The molecular formula is C17H27IO3S. The van der Waals surface area contributed by atoms with Crippen molar-refractivity contribution in [1.82, 2.24) is 0 Å². The first-order valence-electron chi connectivity index (χ1n) is 8.08. The van der Waals surface area contributed by atoms with E-state index in [-0.39, 0.29) is 11.5 Å². The van der Waals surface area contributed by atoms with Crippen LogP contribution < -0.4 is 0 Å². The van der Waals surface area contributed by atoms with Gasteiger partial charge in [-0.1, -0.05) is 78.8 Å². The lowest BCUT2D eigenvalue weighted by molar-refractivity contribution is 0.306. The first-order valence-corrected chi connectivity index (χ1v) is 11.0. The molecule has 0 saturated carbocycles. The third-order valence-electron chi connectivity index (χ3n) is 3.58. The molecule has 0 amide bonds. The Balaban J connectivity index is 2.10. The Kier molecular flexibility index (Phi) is 10.3. The van der Waals surface area contributed by atoms with E-state index >= 15 is 0 Å². The van der Waals surface area contributed by atoms with Crippen LogP contribution in [0.15, 0.2) is 29.2 Å². The van der Waals surface area contributed by atoms with Crippen LogP contribution in [0.25, 0.3) is 0 Å². The maximum atomic E-state index is 12.0. The van der Waals surface area contributed by atoms with Crippen molar-refractivity contribution in [2.24, 2.45) is 0 Å². The number of alkyl halides is 1. The second-order valence-electron chi connectivity index (χ2n) is 5.61. The van der Waals surface area contributed by atoms with Gasteiger partial charge in [-0.2, -0.15) is 8.42 Å². The molecule has 1 aromatic carbocycles. The van der Waals surface area contributed by atoms with Gasteiger partial charge in [0.05, 0.1) is 11.5 Å². The van der Waals surface area contributed by atoms with Crippen molar-refractivity contribution in [1.29, 1.82) is 0 Å². The fraction of sp³-hybridized carbons (Fsp3) is 0.647. The van der Waals surface area contributed by atoms with Crippen LogP contribution in [0.2, 0.25) is 0 Å². The van der Waals surface area contributed by atoms with Crippen molar-refractivity contribution in [3.63, 3.8) is 0 Å². The third-order valence-corrected chi connectivity index (χ3v) is 5.67. The smallest absolute Gasteiger partial charge is 0.266 e. The van der Waals surface area contributed by atoms with Gasteiger partial charge in [0.15, 0.2) is 0 Å². The van der Waals surface area contributed by atoms with Gasteiger partial charge in [-0.05, 0) is 36.3 Å². The molecule has 0 fully saturated rings. The molecule has 126 valence electrons. The van der Waals surface area contributed by atoms with Gasteiger partial charge in [-0.25, -0.2) is 0 Å². The molecular weight excluding hydrogens is 411 g/mol. The number of benzene rings is 1. The number of hydrogen-bond donors (Lipinski definition) is 0. The lowest BCUT2D eigenvalue weighted by Crippen LogP contribution is -2.07. The van der Waals surface area contributed by atoms with Gasteiger partial charge in [-0.3, -0.25) is 4.18 Å². The highest BCUT2D eigenvalue weighted by Gasteiger charge is 2.14. The standard InChI is InChI=1S/C17H27IO3S/c1-16-10-12-17(13-11-16)22(19,20)21-15-9-7-5-3-2-4-6-8-14-18/h10-13H,2-9,14-15H2,1H3. The predicted molar refractivity (Wildman–Crippen MR) is 100 cm³/mol. The Hall–Kier alpha value is -0.140. The highest BCUT2D eigenvalue weighted by molar-refractivity contribution is 14.1. The topological polar surface area (TPSA) is 43.4 Å². The second-order valence-corrected chi connectivity index (χ2v) is 8.30. The second kappa shape index (κ2) is 11.4. The summed E-state index contributed by atoms with van der Waals surface area (Å²) in [7, 11) is -3.59. The highest BCUT2D eigenvalue weighted by Crippen LogP contribution is 2.14. The van der Waals surface area contributed by atoms with Crippen LogP contribution in [0.4, 0.5) is 0 Å². The molecule has 3 nitrogen and oxygen atoms in total. The zero-order chi connectivity index (χ0) is 16.3. The predicted octanol–water partition coefficient (Wildman–Crippen LogP) is 5.26. The number of aryl methyl sites for hydroxylation is 1. The summed E-state index contributed by atoms with van der Waals surface area (Å²) in [5.74, 6) is 0. The monoisotopic (exact) mass is 438 g/mol. The van der Waals surface area contributed by atoms with Gasteiger partial charge in [0.2, 0.25) is 0 Å². The van der Waals surface area contributed by atoms with Crippen LogP contribution in [0.1, 0.15) is 56.9 Å². The van der Waals surface area contributed by atoms with Gasteiger partial charge < -0.3 is 0 Å². The summed E-state index contributed by atoms with van der Waals surface area (Å²) < 4.78 is 30.3. The van der Waals surface area contributed by atoms with Gasteiger partial charge in [0.1, 0.15) is 0 Å². The SMILES string of the molecule is Cc1ccc(S(=O)(=O)OCCCCCCCCCCI)cc1. The van der Waals surface area contributed by atoms with Gasteiger partial charge in [0.25, 0.3) is 10.1 Å². The summed E-state index contributed by atoms with van der Waals surface area (Å²) in [6.07, 6.45) is 9.52. The van der Waals surface area contributed by atoms with Crippen molar-refractivity contribution in [2.75, 3.05) is 11.0 Å². The van der Waals surface area contributed by atoms with E-state index in [1.807, 2.05) is 6.92 Å². The molecule has 0 aliphatic heterocycles. The highest BCUT2D eigenvalue weighted by atomic mass is 127. The molecule has 0 aliphatic carbocycles. The number of unbranched alkanes of at least 4 members (excludes halogenated alkanes) is 7. The van der Waals surface area contributed by atoms with Crippen LogP contribution in [-0.2, 0) is 14.3 Å². The van der Waals surface area contributed by atoms with Crippen molar-refractivity contribution < 1.29 is 12.6 Å². The molecule has 0 radical (unpaired) electrons. The Morgan fingerprint density at radius 3 is 1.91 bits per heavy atom. The molecule has 0 saturated heterocycles. The lowest BCUT2D eigenvalue weighted by Gasteiger charge is -2.06. The van der Waals surface area contributed by atoms with Crippen LogP contribution >= 0.6 is 22.6 Å². The van der Waals surface area contributed by atoms with Crippen molar-refractivity contribution in [2.45, 2.75) is 63.2 Å². The summed E-state index contributed by atoms with van der Waals surface area (Å²) in [5.41, 5.74) is 1.04. The van der Waals surface area contributed by atoms with Crippen molar-refractivity contribution >= 4 is 32.7 Å². The number of halogens is 1. The molecule has 0 spiro atoms. The molecule has 0 atom stereocenters. The molecule has 22 heavy (non-hydrogen) atoms. The van der Waals surface area contributed by atoms with E-state index in [1.165, 1.54) is 36.5 Å². The zero-order valence-electron chi connectivity index (χ0n) is 13.4. The van der Waals surface area contributed by atoms with Gasteiger partial charge in [-0.15, -0.1) is 0 Å². The van der Waals surface area contributed by atoms with Crippen LogP contribution in [-0.4, -0.2) is 19.5 Å². The van der Waals surface area contributed by atoms with E-state index in [1.54, 1.807) is 24.3 Å². The third kappa shape index (κ3) is 8.48. The Bertz CT molecular complexity index is 497.